The molecule has 1 fully saturated rings. The second kappa shape index (κ2) is 6.28. The number of aliphatic hydroxyl groups excluding tert-OH is 1. The van der Waals surface area contributed by atoms with Crippen LogP contribution in [0.1, 0.15) is 46.0 Å². The molecule has 1 spiro atoms. The lowest BCUT2D eigenvalue weighted by Crippen LogP contribution is -2.36. The highest BCUT2D eigenvalue weighted by Gasteiger charge is 2.50. The first-order chi connectivity index (χ1) is 10.0. The van der Waals surface area contributed by atoms with Crippen LogP contribution in [0.15, 0.2) is 16.5 Å². The fourth-order valence-electron chi connectivity index (χ4n) is 2.87. The summed E-state index contributed by atoms with van der Waals surface area (Å²) in [6.45, 7) is 4.46. The smallest absolute Gasteiger partial charge is 0.313 e. The van der Waals surface area contributed by atoms with Crippen LogP contribution in [0, 0.1) is 5.41 Å². The van der Waals surface area contributed by atoms with Gasteiger partial charge in [-0.25, -0.2) is 0 Å². The van der Waals surface area contributed by atoms with Gasteiger partial charge in [-0.05, 0) is 19.8 Å². The number of ether oxygens (including phenoxy) is 1. The van der Waals surface area contributed by atoms with Crippen molar-refractivity contribution in [3.8, 4) is 0 Å². The number of carbonyl (C=O) groups excluding carboxylic acids is 2. The minimum absolute atomic E-state index is 0.0695. The number of ketones is 1. The molecule has 1 saturated heterocycles. The molecule has 0 amide bonds. The Morgan fingerprint density at radius 2 is 2.14 bits per heavy atom. The number of aliphatic hydroxyl groups is 1. The van der Waals surface area contributed by atoms with Crippen LogP contribution >= 0.6 is 0 Å². The summed E-state index contributed by atoms with van der Waals surface area (Å²) >= 11 is 0. The maximum absolute atomic E-state index is 12.4. The van der Waals surface area contributed by atoms with Crippen molar-refractivity contribution in [1.82, 2.24) is 0 Å². The minimum Gasteiger partial charge on any atom is -0.511 e. The summed E-state index contributed by atoms with van der Waals surface area (Å²) in [7, 11) is 0. The molecule has 0 aromatic rings. The van der Waals surface area contributed by atoms with Crippen LogP contribution in [0.25, 0.3) is 0 Å². The van der Waals surface area contributed by atoms with Gasteiger partial charge in [0, 0.05) is 12.8 Å². The molecule has 0 bridgehead atoms. The van der Waals surface area contributed by atoms with Crippen LogP contribution in [0.5, 0.6) is 0 Å². The zero-order chi connectivity index (χ0) is 15.5. The highest BCUT2D eigenvalue weighted by molar-refractivity contribution is 6.23. The maximum atomic E-state index is 12.4. The number of hydrogen-bond donors (Lipinski definition) is 1. The monoisotopic (exact) mass is 295 g/mol. The van der Waals surface area contributed by atoms with E-state index in [0.717, 1.165) is 6.42 Å². The third-order valence-electron chi connectivity index (χ3n) is 3.90. The fourth-order valence-corrected chi connectivity index (χ4v) is 2.87. The van der Waals surface area contributed by atoms with Gasteiger partial charge in [-0.3, -0.25) is 9.59 Å². The molecule has 2 aliphatic rings. The molecule has 6 nitrogen and oxygen atoms in total. The highest BCUT2D eigenvalue weighted by atomic mass is 16.6. The van der Waals surface area contributed by atoms with Gasteiger partial charge < -0.3 is 14.7 Å². The van der Waals surface area contributed by atoms with Crippen molar-refractivity contribution in [3.05, 3.63) is 11.3 Å². The Kier molecular flexibility index (Phi) is 4.65. The number of rotatable bonds is 5. The number of Topliss-reactive ketones (excluding diaryl/α,β-unsaturated/α-hetero) is 1. The molecule has 1 N–H and O–H groups in total. The van der Waals surface area contributed by atoms with E-state index in [9.17, 15) is 14.7 Å². The Morgan fingerprint density at radius 3 is 2.67 bits per heavy atom. The average molecular weight is 295 g/mol. The summed E-state index contributed by atoms with van der Waals surface area (Å²) in [5, 5.41) is 14.2. The van der Waals surface area contributed by atoms with Gasteiger partial charge in [-0.2, -0.15) is 0 Å². The maximum Gasteiger partial charge on any atom is 0.313 e. The van der Waals surface area contributed by atoms with Gasteiger partial charge in [-0.1, -0.05) is 18.5 Å². The van der Waals surface area contributed by atoms with E-state index in [2.05, 4.69) is 5.16 Å². The molecule has 0 aromatic carbocycles. The van der Waals surface area contributed by atoms with Crippen LogP contribution in [0.2, 0.25) is 0 Å². The SMILES string of the molecule is CCCC(=NOCC)C1=C(O)CC2(CCOC2=O)CC1=O. The summed E-state index contributed by atoms with van der Waals surface area (Å²) in [4.78, 5) is 29.3. The number of esters is 1. The Bertz CT molecular complexity index is 508. The number of carbonyl (C=O) groups is 2. The largest absolute Gasteiger partial charge is 0.511 e. The van der Waals surface area contributed by atoms with E-state index in [-0.39, 0.29) is 35.9 Å². The predicted octanol–water partition coefficient (Wildman–Crippen LogP) is 2.29. The van der Waals surface area contributed by atoms with E-state index in [0.29, 0.717) is 31.8 Å². The van der Waals surface area contributed by atoms with Crippen molar-refractivity contribution >= 4 is 17.5 Å². The lowest BCUT2D eigenvalue weighted by molar-refractivity contribution is -0.148. The van der Waals surface area contributed by atoms with Crippen molar-refractivity contribution in [3.63, 3.8) is 0 Å². The average Bonchev–Trinajstić information content (AvgIpc) is 2.76. The number of oxime groups is 1. The first-order valence-corrected chi connectivity index (χ1v) is 7.36. The Labute approximate surface area is 123 Å². The Hall–Kier alpha value is -1.85. The molecule has 6 heteroatoms. The van der Waals surface area contributed by atoms with Crippen LogP contribution in [-0.4, -0.2) is 35.8 Å². The molecule has 1 heterocycles. The molecule has 0 saturated carbocycles. The van der Waals surface area contributed by atoms with Crippen molar-refractivity contribution in [2.45, 2.75) is 46.0 Å². The van der Waals surface area contributed by atoms with Gasteiger partial charge in [-0.15, -0.1) is 0 Å². The molecule has 0 radical (unpaired) electrons. The van der Waals surface area contributed by atoms with Gasteiger partial charge in [0.15, 0.2) is 5.78 Å². The van der Waals surface area contributed by atoms with E-state index in [1.165, 1.54) is 0 Å². The normalized spacial score (nSPS) is 26.5. The summed E-state index contributed by atoms with van der Waals surface area (Å²) in [5.74, 6) is -0.721. The second-order valence-corrected chi connectivity index (χ2v) is 5.47. The molecule has 0 aromatic heterocycles. The number of allylic oxidation sites excluding steroid dienone is 2. The van der Waals surface area contributed by atoms with E-state index in [4.69, 9.17) is 9.57 Å². The molecule has 1 atom stereocenters. The van der Waals surface area contributed by atoms with Crippen LogP contribution < -0.4 is 0 Å². The molecule has 116 valence electrons. The Morgan fingerprint density at radius 1 is 1.38 bits per heavy atom. The predicted molar refractivity (Wildman–Crippen MR) is 75.9 cm³/mol. The molecular weight excluding hydrogens is 274 g/mol. The van der Waals surface area contributed by atoms with Gasteiger partial charge in [0.25, 0.3) is 0 Å². The Balaban J connectivity index is 2.32. The molecule has 1 aliphatic heterocycles. The summed E-state index contributed by atoms with van der Waals surface area (Å²) in [5.41, 5.74) is -0.202. The lowest BCUT2D eigenvalue weighted by atomic mass is 9.71. The third-order valence-corrected chi connectivity index (χ3v) is 3.90. The van der Waals surface area contributed by atoms with Gasteiger partial charge in [0.05, 0.1) is 23.3 Å². The van der Waals surface area contributed by atoms with Crippen molar-refractivity contribution < 1.29 is 24.3 Å². The summed E-state index contributed by atoms with van der Waals surface area (Å²) in [6, 6.07) is 0. The quantitative estimate of drug-likeness (QED) is 0.478. The van der Waals surface area contributed by atoms with Crippen LogP contribution in [0.3, 0.4) is 0 Å². The second-order valence-electron chi connectivity index (χ2n) is 5.47. The zero-order valence-corrected chi connectivity index (χ0v) is 12.5. The minimum atomic E-state index is -0.881. The first kappa shape index (κ1) is 15.5. The third kappa shape index (κ3) is 2.94. The van der Waals surface area contributed by atoms with E-state index in [1.54, 1.807) is 6.92 Å². The van der Waals surface area contributed by atoms with Gasteiger partial charge >= 0.3 is 5.97 Å². The molecule has 1 aliphatic carbocycles. The van der Waals surface area contributed by atoms with Gasteiger partial charge in [0.2, 0.25) is 0 Å². The van der Waals surface area contributed by atoms with E-state index >= 15 is 0 Å². The molecule has 21 heavy (non-hydrogen) atoms. The summed E-state index contributed by atoms with van der Waals surface area (Å²) in [6.07, 6.45) is 2.01. The van der Waals surface area contributed by atoms with Crippen molar-refractivity contribution in [2.75, 3.05) is 13.2 Å². The number of cyclic esters (lactones) is 1. The van der Waals surface area contributed by atoms with Gasteiger partial charge in [0.1, 0.15) is 12.4 Å². The summed E-state index contributed by atoms with van der Waals surface area (Å²) < 4.78 is 4.97. The van der Waals surface area contributed by atoms with Crippen LogP contribution in [0.4, 0.5) is 0 Å². The van der Waals surface area contributed by atoms with E-state index < -0.39 is 5.41 Å². The molecule has 1 unspecified atom stereocenters. The highest BCUT2D eigenvalue weighted by Crippen LogP contribution is 2.44. The van der Waals surface area contributed by atoms with Crippen LogP contribution in [-0.2, 0) is 19.2 Å². The standard InChI is InChI=1S/C15H21NO5/c1-3-5-10(16-21-4-2)13-11(17)8-15(9-12(13)18)6-7-20-14(15)19/h17H,3-9H2,1-2H3. The van der Waals surface area contributed by atoms with E-state index in [1.807, 2.05) is 6.92 Å². The molecular formula is C15H21NO5. The first-order valence-electron chi connectivity index (χ1n) is 7.36. The lowest BCUT2D eigenvalue weighted by Gasteiger charge is -2.29. The number of nitrogens with zero attached hydrogens (tertiary/aromatic N) is 1. The number of hydrogen-bond acceptors (Lipinski definition) is 6. The van der Waals surface area contributed by atoms with Crippen molar-refractivity contribution in [2.24, 2.45) is 10.6 Å². The molecule has 2 rings (SSSR count). The zero-order valence-electron chi connectivity index (χ0n) is 12.5. The fraction of sp³-hybridized carbons (Fsp3) is 0.667. The van der Waals surface area contributed by atoms with Crippen molar-refractivity contribution in [1.29, 1.82) is 0 Å². The topological polar surface area (TPSA) is 85.2 Å².